The molecule has 3 heteroatoms. The molecule has 3 nitrogen and oxygen atoms in total. The van der Waals surface area contributed by atoms with Gasteiger partial charge in [-0.1, -0.05) is 72.8 Å². The molecule has 1 aliphatic carbocycles. The Morgan fingerprint density at radius 3 is 1.81 bits per heavy atom. The van der Waals surface area contributed by atoms with E-state index in [-0.39, 0.29) is 17.3 Å². The van der Waals surface area contributed by atoms with E-state index in [0.717, 1.165) is 5.56 Å². The lowest BCUT2D eigenvalue weighted by molar-refractivity contribution is 0.0935. The first-order valence-corrected chi connectivity index (χ1v) is 8.42. The Labute approximate surface area is 151 Å². The molecule has 0 saturated heterocycles. The van der Waals surface area contributed by atoms with Crippen molar-refractivity contribution in [2.75, 3.05) is 0 Å². The van der Waals surface area contributed by atoms with Gasteiger partial charge < -0.3 is 4.74 Å². The molecule has 0 heterocycles. The van der Waals surface area contributed by atoms with Crippen LogP contribution in [0.15, 0.2) is 96.3 Å². The van der Waals surface area contributed by atoms with Gasteiger partial charge in [0.15, 0.2) is 11.5 Å². The van der Waals surface area contributed by atoms with E-state index < -0.39 is 0 Å². The highest BCUT2D eigenvalue weighted by molar-refractivity contribution is 6.26. The van der Waals surface area contributed by atoms with E-state index in [1.54, 1.807) is 36.4 Å². The van der Waals surface area contributed by atoms with Crippen LogP contribution in [0.5, 0.6) is 5.75 Å². The highest BCUT2D eigenvalue weighted by Crippen LogP contribution is 2.30. The van der Waals surface area contributed by atoms with Crippen LogP contribution in [0.25, 0.3) is 0 Å². The first kappa shape index (κ1) is 16.0. The van der Waals surface area contributed by atoms with E-state index >= 15 is 0 Å². The number of ketones is 2. The lowest BCUT2D eigenvalue weighted by Gasteiger charge is -2.21. The fourth-order valence-electron chi connectivity index (χ4n) is 3.08. The van der Waals surface area contributed by atoms with E-state index in [1.165, 1.54) is 0 Å². The van der Waals surface area contributed by atoms with Crippen molar-refractivity contribution >= 4 is 11.6 Å². The molecular weight excluding hydrogens is 324 g/mol. The largest absolute Gasteiger partial charge is 0.453 e. The van der Waals surface area contributed by atoms with Gasteiger partial charge in [0.2, 0.25) is 5.78 Å². The molecule has 3 aromatic rings. The van der Waals surface area contributed by atoms with Gasteiger partial charge in [-0.05, 0) is 17.7 Å². The normalized spacial score (nSPS) is 13.5. The van der Waals surface area contributed by atoms with Gasteiger partial charge in [0.1, 0.15) is 5.75 Å². The predicted molar refractivity (Wildman–Crippen MR) is 99.3 cm³/mol. The number of hydrogen-bond acceptors (Lipinski definition) is 3. The molecule has 126 valence electrons. The van der Waals surface area contributed by atoms with Gasteiger partial charge in [0.25, 0.3) is 0 Å². The molecule has 0 fully saturated rings. The molecule has 0 radical (unpaired) electrons. The highest BCUT2D eigenvalue weighted by atomic mass is 16.5. The van der Waals surface area contributed by atoms with Crippen LogP contribution in [-0.4, -0.2) is 11.6 Å². The zero-order valence-electron chi connectivity index (χ0n) is 14.0. The molecular formula is C23H16O3. The summed E-state index contributed by atoms with van der Waals surface area (Å²) >= 11 is 0. The maximum Gasteiger partial charge on any atom is 0.229 e. The second-order valence-corrected chi connectivity index (χ2v) is 6.09. The first-order chi connectivity index (χ1) is 12.7. The summed E-state index contributed by atoms with van der Waals surface area (Å²) < 4.78 is 5.89. The third-order valence-corrected chi connectivity index (χ3v) is 4.36. The molecule has 1 aliphatic rings. The Morgan fingerprint density at radius 1 is 0.615 bits per heavy atom. The monoisotopic (exact) mass is 340 g/mol. The topological polar surface area (TPSA) is 43.4 Å². The fourth-order valence-corrected chi connectivity index (χ4v) is 3.08. The van der Waals surface area contributed by atoms with Crippen molar-refractivity contribution in [1.29, 1.82) is 0 Å². The van der Waals surface area contributed by atoms with Crippen LogP contribution in [0.3, 0.4) is 0 Å². The van der Waals surface area contributed by atoms with Crippen molar-refractivity contribution in [3.05, 3.63) is 113 Å². The quantitative estimate of drug-likeness (QED) is 0.695. The minimum Gasteiger partial charge on any atom is -0.453 e. The van der Waals surface area contributed by atoms with E-state index in [0.29, 0.717) is 28.9 Å². The van der Waals surface area contributed by atoms with Crippen LogP contribution < -0.4 is 4.74 Å². The number of hydrogen-bond donors (Lipinski definition) is 0. The van der Waals surface area contributed by atoms with Crippen molar-refractivity contribution in [3.63, 3.8) is 0 Å². The second kappa shape index (κ2) is 6.81. The molecule has 0 atom stereocenters. The Balaban J connectivity index is 1.82. The molecule has 0 spiro atoms. The van der Waals surface area contributed by atoms with Crippen LogP contribution in [-0.2, 0) is 6.42 Å². The smallest absolute Gasteiger partial charge is 0.229 e. The van der Waals surface area contributed by atoms with Gasteiger partial charge in [-0.15, -0.1) is 0 Å². The Hall–Kier alpha value is -3.46. The summed E-state index contributed by atoms with van der Waals surface area (Å²) in [5.41, 5.74) is 2.17. The summed E-state index contributed by atoms with van der Waals surface area (Å²) in [6, 6.07) is 25.6. The van der Waals surface area contributed by atoms with Crippen LogP contribution in [0.2, 0.25) is 0 Å². The van der Waals surface area contributed by atoms with E-state index in [2.05, 4.69) is 0 Å². The molecule has 0 unspecified atom stereocenters. The van der Waals surface area contributed by atoms with E-state index in [9.17, 15) is 9.59 Å². The summed E-state index contributed by atoms with van der Waals surface area (Å²) in [4.78, 5) is 26.1. The number of ether oxygens (including phenoxy) is 1. The average Bonchev–Trinajstić information content (AvgIpc) is 2.70. The maximum absolute atomic E-state index is 13.1. The summed E-state index contributed by atoms with van der Waals surface area (Å²) in [5.74, 6) is 0.238. The lowest BCUT2D eigenvalue weighted by atomic mass is 9.85. The Bertz CT molecular complexity index is 919. The lowest BCUT2D eigenvalue weighted by Crippen LogP contribution is -2.26. The molecule has 0 aromatic heterocycles. The Morgan fingerprint density at radius 2 is 1.15 bits per heavy atom. The second-order valence-electron chi connectivity index (χ2n) is 6.09. The standard InChI is InChI=1S/C23H16O3/c24-21-18-13-7-8-14-19(18)22(25)23(26-17-11-5-2-6-12-17)20(21)15-16-9-3-1-4-10-16/h1-14H,15H2. The minimum absolute atomic E-state index is 0.115. The van der Waals surface area contributed by atoms with E-state index in [1.807, 2.05) is 48.5 Å². The SMILES string of the molecule is O=C1C(Cc2ccccc2)=C(Oc2ccccc2)C(=O)c2ccccc21. The van der Waals surface area contributed by atoms with Crippen molar-refractivity contribution in [2.45, 2.75) is 6.42 Å². The third kappa shape index (κ3) is 2.95. The summed E-state index contributed by atoms with van der Waals surface area (Å²) in [7, 11) is 0. The third-order valence-electron chi connectivity index (χ3n) is 4.36. The number of fused-ring (bicyclic) bond motifs is 1. The summed E-state index contributed by atoms with van der Waals surface area (Å²) in [6.07, 6.45) is 0.349. The molecule has 0 amide bonds. The molecule has 0 saturated carbocycles. The van der Waals surface area contributed by atoms with Gasteiger partial charge in [-0.25, -0.2) is 0 Å². The molecule has 0 N–H and O–H groups in total. The minimum atomic E-state index is -0.255. The predicted octanol–water partition coefficient (Wildman–Crippen LogP) is 4.64. The Kier molecular flexibility index (Phi) is 4.20. The van der Waals surface area contributed by atoms with Crippen LogP contribution in [0.1, 0.15) is 26.3 Å². The molecule has 4 rings (SSSR count). The fraction of sp³-hybridized carbons (Fsp3) is 0.0435. The maximum atomic E-state index is 13.1. The van der Waals surface area contributed by atoms with Crippen molar-refractivity contribution in [1.82, 2.24) is 0 Å². The van der Waals surface area contributed by atoms with Gasteiger partial charge >= 0.3 is 0 Å². The summed E-state index contributed by atoms with van der Waals surface area (Å²) in [5, 5.41) is 0. The number of allylic oxidation sites excluding steroid dienone is 2. The molecule has 26 heavy (non-hydrogen) atoms. The van der Waals surface area contributed by atoms with Crippen molar-refractivity contribution in [2.24, 2.45) is 0 Å². The number of carbonyl (C=O) groups is 2. The zero-order chi connectivity index (χ0) is 17.9. The van der Waals surface area contributed by atoms with E-state index in [4.69, 9.17) is 4.74 Å². The average molecular weight is 340 g/mol. The van der Waals surface area contributed by atoms with Crippen LogP contribution in [0, 0.1) is 0 Å². The van der Waals surface area contributed by atoms with Gasteiger partial charge in [0.05, 0.1) is 5.57 Å². The van der Waals surface area contributed by atoms with Gasteiger partial charge in [0, 0.05) is 17.5 Å². The van der Waals surface area contributed by atoms with Crippen LogP contribution in [0.4, 0.5) is 0 Å². The highest BCUT2D eigenvalue weighted by Gasteiger charge is 2.33. The first-order valence-electron chi connectivity index (χ1n) is 8.42. The van der Waals surface area contributed by atoms with Crippen molar-refractivity contribution in [3.8, 4) is 5.75 Å². The van der Waals surface area contributed by atoms with Crippen LogP contribution >= 0.6 is 0 Å². The van der Waals surface area contributed by atoms with Gasteiger partial charge in [-0.3, -0.25) is 9.59 Å². The molecule has 3 aromatic carbocycles. The number of para-hydroxylation sites is 1. The number of carbonyl (C=O) groups excluding carboxylic acids is 2. The molecule has 0 aliphatic heterocycles. The zero-order valence-corrected chi connectivity index (χ0v) is 14.0. The van der Waals surface area contributed by atoms with Gasteiger partial charge in [-0.2, -0.15) is 0 Å². The van der Waals surface area contributed by atoms with Crippen molar-refractivity contribution < 1.29 is 14.3 Å². The number of rotatable bonds is 4. The number of benzene rings is 3. The number of Topliss-reactive ketones (excluding diaryl/α,β-unsaturated/α-hetero) is 2. The molecule has 0 bridgehead atoms. The summed E-state index contributed by atoms with van der Waals surface area (Å²) in [6.45, 7) is 0.